The van der Waals surface area contributed by atoms with Gasteiger partial charge < -0.3 is 4.90 Å². The van der Waals surface area contributed by atoms with Crippen LogP contribution in [0.15, 0.2) is 16.7 Å². The maximum absolute atomic E-state index is 6.42. The normalized spacial score (nSPS) is 24.7. The summed E-state index contributed by atoms with van der Waals surface area (Å²) in [6, 6.07) is 2.53. The summed E-state index contributed by atoms with van der Waals surface area (Å²) in [4.78, 5) is 6.70. The van der Waals surface area contributed by atoms with Crippen LogP contribution >= 0.6 is 27.5 Å². The highest BCUT2D eigenvalue weighted by atomic mass is 79.9. The van der Waals surface area contributed by atoms with Crippen molar-refractivity contribution in [1.29, 1.82) is 0 Å². The molecule has 0 N–H and O–H groups in total. The third-order valence-corrected chi connectivity index (χ3v) is 4.88. The zero-order valence-electron chi connectivity index (χ0n) is 10.3. The molecule has 0 amide bonds. The van der Waals surface area contributed by atoms with Gasteiger partial charge in [-0.1, -0.05) is 12.8 Å². The van der Waals surface area contributed by atoms with Crippen LogP contribution in [0.4, 0.5) is 5.82 Å². The smallest absolute Gasteiger partial charge is 0.128 e. The number of hydrogen-bond donors (Lipinski definition) is 0. The second-order valence-electron chi connectivity index (χ2n) is 4.77. The van der Waals surface area contributed by atoms with E-state index in [1.54, 1.807) is 0 Å². The van der Waals surface area contributed by atoms with Crippen LogP contribution in [0, 0.1) is 6.92 Å². The SMILES string of the molecule is Cc1cc(N(C)C2CCCCC2Cl)ncc1Br. The van der Waals surface area contributed by atoms with E-state index >= 15 is 0 Å². The number of aromatic nitrogens is 1. The van der Waals surface area contributed by atoms with Gasteiger partial charge in [0.1, 0.15) is 5.82 Å². The van der Waals surface area contributed by atoms with Crippen molar-refractivity contribution >= 4 is 33.3 Å². The van der Waals surface area contributed by atoms with Gasteiger partial charge in [0.05, 0.1) is 5.38 Å². The lowest BCUT2D eigenvalue weighted by Gasteiger charge is -2.35. The van der Waals surface area contributed by atoms with Crippen LogP contribution in [-0.4, -0.2) is 23.5 Å². The van der Waals surface area contributed by atoms with E-state index in [0.717, 1.165) is 16.7 Å². The van der Waals surface area contributed by atoms with Crippen LogP contribution in [-0.2, 0) is 0 Å². The number of aryl methyl sites for hydroxylation is 1. The average Bonchev–Trinajstić information content (AvgIpc) is 2.32. The summed E-state index contributed by atoms with van der Waals surface area (Å²) in [7, 11) is 2.10. The molecule has 1 fully saturated rings. The van der Waals surface area contributed by atoms with Gasteiger partial charge in [0.15, 0.2) is 0 Å². The van der Waals surface area contributed by atoms with E-state index in [4.69, 9.17) is 11.6 Å². The molecule has 0 saturated heterocycles. The Hall–Kier alpha value is -0.280. The van der Waals surface area contributed by atoms with E-state index in [9.17, 15) is 0 Å². The van der Waals surface area contributed by atoms with E-state index in [-0.39, 0.29) is 5.38 Å². The van der Waals surface area contributed by atoms with E-state index in [2.05, 4.69) is 45.9 Å². The zero-order valence-corrected chi connectivity index (χ0v) is 12.6. The van der Waals surface area contributed by atoms with Crippen molar-refractivity contribution in [2.45, 2.75) is 44.0 Å². The standard InChI is InChI=1S/C13H18BrClN2/c1-9-7-13(16-8-10(9)14)17(2)12-6-4-3-5-11(12)15/h7-8,11-12H,3-6H2,1-2H3. The van der Waals surface area contributed by atoms with Gasteiger partial charge in [-0.3, -0.25) is 0 Å². The molecule has 4 heteroatoms. The second-order valence-corrected chi connectivity index (χ2v) is 6.19. The molecule has 2 nitrogen and oxygen atoms in total. The summed E-state index contributed by atoms with van der Waals surface area (Å²) in [5, 5.41) is 0.250. The number of nitrogens with zero attached hydrogens (tertiary/aromatic N) is 2. The summed E-state index contributed by atoms with van der Waals surface area (Å²) in [6.07, 6.45) is 6.68. The largest absolute Gasteiger partial charge is 0.355 e. The molecular formula is C13H18BrClN2. The van der Waals surface area contributed by atoms with Crippen LogP contribution < -0.4 is 4.90 Å². The van der Waals surface area contributed by atoms with Gasteiger partial charge in [0, 0.05) is 23.8 Å². The summed E-state index contributed by atoms with van der Waals surface area (Å²) in [5.74, 6) is 1.02. The predicted molar refractivity (Wildman–Crippen MR) is 77.0 cm³/mol. The molecule has 0 spiro atoms. The fourth-order valence-corrected chi connectivity index (χ4v) is 3.06. The van der Waals surface area contributed by atoms with Gasteiger partial charge >= 0.3 is 0 Å². The average molecular weight is 318 g/mol. The van der Waals surface area contributed by atoms with E-state index in [0.29, 0.717) is 6.04 Å². The predicted octanol–water partition coefficient (Wildman–Crippen LogP) is 4.14. The molecular weight excluding hydrogens is 300 g/mol. The molecule has 94 valence electrons. The second kappa shape index (κ2) is 5.57. The summed E-state index contributed by atoms with van der Waals surface area (Å²) >= 11 is 9.90. The number of anilines is 1. The highest BCUT2D eigenvalue weighted by Gasteiger charge is 2.27. The van der Waals surface area contributed by atoms with Crippen LogP contribution in [0.1, 0.15) is 31.2 Å². The van der Waals surface area contributed by atoms with Crippen molar-refractivity contribution < 1.29 is 0 Å². The first kappa shape index (κ1) is 13.2. The van der Waals surface area contributed by atoms with E-state index in [1.165, 1.54) is 24.8 Å². The molecule has 0 bridgehead atoms. The van der Waals surface area contributed by atoms with Crippen molar-refractivity contribution in [3.05, 3.63) is 22.3 Å². The van der Waals surface area contributed by atoms with Crippen molar-refractivity contribution in [2.75, 3.05) is 11.9 Å². The Balaban J connectivity index is 2.17. The Morgan fingerprint density at radius 1 is 1.41 bits per heavy atom. The Bertz CT molecular complexity index is 397. The monoisotopic (exact) mass is 316 g/mol. The fraction of sp³-hybridized carbons (Fsp3) is 0.615. The third kappa shape index (κ3) is 2.94. The molecule has 1 aromatic rings. The lowest BCUT2D eigenvalue weighted by Crippen LogP contribution is -2.41. The van der Waals surface area contributed by atoms with Gasteiger partial charge in [-0.05, 0) is 47.3 Å². The molecule has 2 rings (SSSR count). The third-order valence-electron chi connectivity index (χ3n) is 3.54. The minimum Gasteiger partial charge on any atom is -0.355 e. The quantitative estimate of drug-likeness (QED) is 0.762. The molecule has 1 aliphatic carbocycles. The lowest BCUT2D eigenvalue weighted by molar-refractivity contribution is 0.432. The van der Waals surface area contributed by atoms with Gasteiger partial charge in [-0.15, -0.1) is 11.6 Å². The molecule has 2 atom stereocenters. The van der Waals surface area contributed by atoms with E-state index in [1.807, 2.05) is 6.20 Å². The molecule has 1 saturated carbocycles. The van der Waals surface area contributed by atoms with Crippen LogP contribution in [0.2, 0.25) is 0 Å². The van der Waals surface area contributed by atoms with Crippen molar-refractivity contribution in [3.63, 3.8) is 0 Å². The number of alkyl halides is 1. The van der Waals surface area contributed by atoms with Crippen LogP contribution in [0.5, 0.6) is 0 Å². The zero-order chi connectivity index (χ0) is 12.4. The van der Waals surface area contributed by atoms with E-state index < -0.39 is 0 Å². The highest BCUT2D eigenvalue weighted by Crippen LogP contribution is 2.29. The van der Waals surface area contributed by atoms with Crippen molar-refractivity contribution in [3.8, 4) is 0 Å². The van der Waals surface area contributed by atoms with Crippen LogP contribution in [0.3, 0.4) is 0 Å². The van der Waals surface area contributed by atoms with Crippen LogP contribution in [0.25, 0.3) is 0 Å². The Labute approximate surface area is 116 Å². The number of halogens is 2. The molecule has 1 aromatic heterocycles. The maximum Gasteiger partial charge on any atom is 0.128 e. The molecule has 17 heavy (non-hydrogen) atoms. The van der Waals surface area contributed by atoms with Crippen molar-refractivity contribution in [1.82, 2.24) is 4.98 Å². The maximum atomic E-state index is 6.42. The molecule has 1 heterocycles. The minimum absolute atomic E-state index is 0.250. The van der Waals surface area contributed by atoms with Gasteiger partial charge in [0.2, 0.25) is 0 Å². The summed E-state index contributed by atoms with van der Waals surface area (Å²) in [5.41, 5.74) is 1.21. The first-order valence-corrected chi connectivity index (χ1v) is 7.31. The Kier molecular flexibility index (Phi) is 4.31. The number of pyridine rings is 1. The fourth-order valence-electron chi connectivity index (χ4n) is 2.39. The molecule has 0 radical (unpaired) electrons. The molecule has 1 aliphatic rings. The molecule has 0 aromatic carbocycles. The molecule has 2 unspecified atom stereocenters. The lowest BCUT2D eigenvalue weighted by atomic mass is 9.94. The number of rotatable bonds is 2. The van der Waals surface area contributed by atoms with Gasteiger partial charge in [-0.2, -0.15) is 0 Å². The van der Waals surface area contributed by atoms with Gasteiger partial charge in [-0.25, -0.2) is 4.98 Å². The van der Waals surface area contributed by atoms with Crippen molar-refractivity contribution in [2.24, 2.45) is 0 Å². The first-order chi connectivity index (χ1) is 8.09. The Morgan fingerprint density at radius 3 is 2.76 bits per heavy atom. The number of hydrogen-bond acceptors (Lipinski definition) is 2. The summed E-state index contributed by atoms with van der Waals surface area (Å²) < 4.78 is 1.06. The Morgan fingerprint density at radius 2 is 2.12 bits per heavy atom. The minimum atomic E-state index is 0.250. The molecule has 0 aliphatic heterocycles. The highest BCUT2D eigenvalue weighted by molar-refractivity contribution is 9.10. The van der Waals surface area contributed by atoms with Gasteiger partial charge in [0.25, 0.3) is 0 Å². The first-order valence-electron chi connectivity index (χ1n) is 6.08. The topological polar surface area (TPSA) is 16.1 Å². The summed E-state index contributed by atoms with van der Waals surface area (Å²) in [6.45, 7) is 2.09.